The molecular weight excluding hydrogens is 320 g/mol. The Morgan fingerprint density at radius 3 is 2.92 bits per heavy atom. The number of pyridine rings is 1. The molecule has 0 spiro atoms. The SMILES string of the molecule is COC(=O)C1CN(C(=O)c2cnc3n[nH]c(C)c3c2)c2ccccc21. The normalized spacial score (nSPS) is 16.1. The molecule has 0 aliphatic carbocycles. The molecule has 0 fully saturated rings. The minimum Gasteiger partial charge on any atom is -0.468 e. The van der Waals surface area contributed by atoms with Crippen LogP contribution in [-0.4, -0.2) is 40.7 Å². The molecule has 1 N–H and O–H groups in total. The van der Waals surface area contributed by atoms with Crippen molar-refractivity contribution < 1.29 is 14.3 Å². The molecule has 7 heteroatoms. The van der Waals surface area contributed by atoms with Gasteiger partial charge in [-0.05, 0) is 24.6 Å². The van der Waals surface area contributed by atoms with Crippen molar-refractivity contribution in [1.29, 1.82) is 0 Å². The van der Waals surface area contributed by atoms with Crippen LogP contribution >= 0.6 is 0 Å². The zero-order valence-electron chi connectivity index (χ0n) is 13.8. The van der Waals surface area contributed by atoms with Crippen LogP contribution in [0.1, 0.15) is 27.5 Å². The van der Waals surface area contributed by atoms with E-state index in [1.165, 1.54) is 13.3 Å². The Balaban J connectivity index is 1.74. The van der Waals surface area contributed by atoms with Gasteiger partial charge in [0.05, 0.1) is 12.7 Å². The molecule has 0 bridgehead atoms. The summed E-state index contributed by atoms with van der Waals surface area (Å²) in [6, 6.07) is 9.17. The monoisotopic (exact) mass is 336 g/mol. The second-order valence-corrected chi connectivity index (χ2v) is 5.99. The van der Waals surface area contributed by atoms with Gasteiger partial charge in [-0.2, -0.15) is 5.10 Å². The number of anilines is 1. The largest absolute Gasteiger partial charge is 0.468 e. The summed E-state index contributed by atoms with van der Waals surface area (Å²) in [5.41, 5.74) is 3.41. The number of aryl methyl sites for hydroxylation is 1. The Morgan fingerprint density at radius 1 is 1.32 bits per heavy atom. The van der Waals surface area contributed by atoms with Gasteiger partial charge in [-0.25, -0.2) is 4.98 Å². The number of fused-ring (bicyclic) bond motifs is 2. The number of nitrogens with zero attached hydrogens (tertiary/aromatic N) is 3. The first-order chi connectivity index (χ1) is 12.1. The first-order valence-electron chi connectivity index (χ1n) is 7.89. The number of hydrogen-bond donors (Lipinski definition) is 1. The smallest absolute Gasteiger partial charge is 0.315 e. The third-order valence-corrected chi connectivity index (χ3v) is 4.55. The van der Waals surface area contributed by atoms with Gasteiger partial charge in [0.2, 0.25) is 0 Å². The van der Waals surface area contributed by atoms with Gasteiger partial charge in [0.1, 0.15) is 5.92 Å². The highest BCUT2D eigenvalue weighted by molar-refractivity contribution is 6.09. The summed E-state index contributed by atoms with van der Waals surface area (Å²) < 4.78 is 4.89. The number of H-pyrrole nitrogens is 1. The van der Waals surface area contributed by atoms with Gasteiger partial charge in [0.15, 0.2) is 5.65 Å². The number of aromatic amines is 1. The molecule has 1 amide bonds. The lowest BCUT2D eigenvalue weighted by Gasteiger charge is -2.17. The van der Waals surface area contributed by atoms with E-state index in [1.54, 1.807) is 11.0 Å². The highest BCUT2D eigenvalue weighted by Gasteiger charge is 2.37. The number of aromatic nitrogens is 3. The number of carbonyl (C=O) groups is 2. The topological polar surface area (TPSA) is 88.2 Å². The first kappa shape index (κ1) is 15.3. The number of amides is 1. The van der Waals surface area contributed by atoms with Crippen LogP contribution in [0.3, 0.4) is 0 Å². The molecular formula is C18H16N4O3. The van der Waals surface area contributed by atoms with E-state index in [0.29, 0.717) is 11.2 Å². The zero-order chi connectivity index (χ0) is 17.6. The Labute approximate surface area is 143 Å². The van der Waals surface area contributed by atoms with Crippen molar-refractivity contribution >= 4 is 28.6 Å². The fourth-order valence-corrected chi connectivity index (χ4v) is 3.24. The fraction of sp³-hybridized carbons (Fsp3) is 0.222. The molecule has 1 atom stereocenters. The number of nitrogens with one attached hydrogen (secondary N) is 1. The van der Waals surface area contributed by atoms with Gasteiger partial charge < -0.3 is 9.64 Å². The molecule has 0 saturated heterocycles. The summed E-state index contributed by atoms with van der Waals surface area (Å²) in [6.45, 7) is 2.14. The molecule has 3 heterocycles. The molecule has 1 aromatic carbocycles. The van der Waals surface area contributed by atoms with Crippen molar-refractivity contribution in [3.63, 3.8) is 0 Å². The summed E-state index contributed by atoms with van der Waals surface area (Å²) in [7, 11) is 1.36. The molecule has 7 nitrogen and oxygen atoms in total. The van der Waals surface area contributed by atoms with E-state index < -0.39 is 5.92 Å². The summed E-state index contributed by atoms with van der Waals surface area (Å²) in [6.07, 6.45) is 1.51. The van der Waals surface area contributed by atoms with E-state index in [0.717, 1.165) is 22.3 Å². The highest BCUT2D eigenvalue weighted by Crippen LogP contribution is 2.37. The highest BCUT2D eigenvalue weighted by atomic mass is 16.5. The van der Waals surface area contributed by atoms with E-state index in [-0.39, 0.29) is 18.4 Å². The van der Waals surface area contributed by atoms with Crippen molar-refractivity contribution in [2.24, 2.45) is 0 Å². The Kier molecular flexibility index (Phi) is 3.49. The predicted molar refractivity (Wildman–Crippen MR) is 91.5 cm³/mol. The van der Waals surface area contributed by atoms with Gasteiger partial charge in [-0.1, -0.05) is 18.2 Å². The number of ether oxygens (including phenoxy) is 1. The molecule has 126 valence electrons. The minimum atomic E-state index is -0.475. The van der Waals surface area contributed by atoms with E-state index in [9.17, 15) is 9.59 Å². The van der Waals surface area contributed by atoms with Gasteiger partial charge in [-0.15, -0.1) is 0 Å². The number of carbonyl (C=O) groups excluding carboxylic acids is 2. The van der Waals surface area contributed by atoms with Crippen LogP contribution < -0.4 is 4.90 Å². The second kappa shape index (κ2) is 5.70. The Hall–Kier alpha value is -3.22. The van der Waals surface area contributed by atoms with Gasteiger partial charge in [-0.3, -0.25) is 14.7 Å². The maximum absolute atomic E-state index is 13.0. The minimum absolute atomic E-state index is 0.200. The summed E-state index contributed by atoms with van der Waals surface area (Å²) in [5, 5.41) is 7.74. The Morgan fingerprint density at radius 2 is 2.12 bits per heavy atom. The molecule has 1 unspecified atom stereocenters. The van der Waals surface area contributed by atoms with Crippen LogP contribution in [0.2, 0.25) is 0 Å². The molecule has 1 aliphatic rings. The number of para-hydroxylation sites is 1. The Bertz CT molecular complexity index is 995. The summed E-state index contributed by atoms with van der Waals surface area (Å²) >= 11 is 0. The molecule has 2 aromatic heterocycles. The number of hydrogen-bond acceptors (Lipinski definition) is 5. The van der Waals surface area contributed by atoms with Crippen molar-refractivity contribution in [1.82, 2.24) is 15.2 Å². The summed E-state index contributed by atoms with van der Waals surface area (Å²) in [4.78, 5) is 31.0. The molecule has 0 radical (unpaired) electrons. The number of rotatable bonds is 2. The van der Waals surface area contributed by atoms with Crippen LogP contribution in [0.4, 0.5) is 5.69 Å². The standard InChI is InChI=1S/C18H16N4O3/c1-10-13-7-11(8-19-16(13)21-20-10)17(23)22-9-14(18(24)25-2)12-5-3-4-6-15(12)22/h3-8,14H,9H2,1-2H3,(H,19,20,21). The quantitative estimate of drug-likeness (QED) is 0.725. The van der Waals surface area contributed by atoms with E-state index in [1.807, 2.05) is 31.2 Å². The molecule has 4 rings (SSSR count). The third-order valence-electron chi connectivity index (χ3n) is 4.55. The average Bonchev–Trinajstić information content (AvgIpc) is 3.21. The van der Waals surface area contributed by atoms with E-state index in [4.69, 9.17) is 4.74 Å². The van der Waals surface area contributed by atoms with Crippen LogP contribution in [-0.2, 0) is 9.53 Å². The average molecular weight is 336 g/mol. The lowest BCUT2D eigenvalue weighted by Crippen LogP contribution is -2.31. The van der Waals surface area contributed by atoms with E-state index >= 15 is 0 Å². The van der Waals surface area contributed by atoms with Crippen LogP contribution in [0, 0.1) is 6.92 Å². The fourth-order valence-electron chi connectivity index (χ4n) is 3.24. The van der Waals surface area contributed by atoms with Crippen molar-refractivity contribution in [3.05, 3.63) is 53.3 Å². The van der Waals surface area contributed by atoms with Crippen LogP contribution in [0.25, 0.3) is 11.0 Å². The molecule has 0 saturated carbocycles. The van der Waals surface area contributed by atoms with Crippen LogP contribution in [0.15, 0.2) is 36.5 Å². The first-order valence-corrected chi connectivity index (χ1v) is 7.89. The molecule has 25 heavy (non-hydrogen) atoms. The number of benzene rings is 1. The number of esters is 1. The van der Waals surface area contributed by atoms with Gasteiger partial charge >= 0.3 is 5.97 Å². The second-order valence-electron chi connectivity index (χ2n) is 5.99. The molecule has 3 aromatic rings. The maximum Gasteiger partial charge on any atom is 0.315 e. The lowest BCUT2D eigenvalue weighted by atomic mass is 10.0. The number of methoxy groups -OCH3 is 1. The predicted octanol–water partition coefficient (Wildman–Crippen LogP) is 2.18. The maximum atomic E-state index is 13.0. The summed E-state index contributed by atoms with van der Waals surface area (Å²) in [5.74, 6) is -1.02. The van der Waals surface area contributed by atoms with Crippen molar-refractivity contribution in [2.75, 3.05) is 18.6 Å². The third kappa shape index (κ3) is 2.36. The zero-order valence-corrected chi connectivity index (χ0v) is 13.8. The van der Waals surface area contributed by atoms with Gasteiger partial charge in [0, 0.05) is 29.5 Å². The van der Waals surface area contributed by atoms with E-state index in [2.05, 4.69) is 15.2 Å². The van der Waals surface area contributed by atoms with Crippen molar-refractivity contribution in [2.45, 2.75) is 12.8 Å². The van der Waals surface area contributed by atoms with Crippen molar-refractivity contribution in [3.8, 4) is 0 Å². The lowest BCUT2D eigenvalue weighted by molar-refractivity contribution is -0.141. The van der Waals surface area contributed by atoms with Gasteiger partial charge in [0.25, 0.3) is 5.91 Å². The molecule has 1 aliphatic heterocycles. The van der Waals surface area contributed by atoms with Crippen LogP contribution in [0.5, 0.6) is 0 Å².